The molecule has 0 saturated carbocycles. The van der Waals surface area contributed by atoms with E-state index in [4.69, 9.17) is 10.00 Å². The fourth-order valence-electron chi connectivity index (χ4n) is 1.91. The summed E-state index contributed by atoms with van der Waals surface area (Å²) < 4.78 is 18.9. The van der Waals surface area contributed by atoms with Crippen LogP contribution in [-0.4, -0.2) is 7.11 Å². The van der Waals surface area contributed by atoms with Crippen molar-refractivity contribution in [1.29, 1.82) is 5.26 Å². The second kappa shape index (κ2) is 6.07. The van der Waals surface area contributed by atoms with Gasteiger partial charge in [-0.2, -0.15) is 5.26 Å². The maximum atomic E-state index is 13.7. The topological polar surface area (TPSA) is 45.0 Å². The van der Waals surface area contributed by atoms with Crippen molar-refractivity contribution in [3.8, 4) is 11.8 Å². The lowest BCUT2D eigenvalue weighted by Gasteiger charge is -2.11. The zero-order chi connectivity index (χ0) is 14.5. The Morgan fingerprint density at radius 2 is 2.05 bits per heavy atom. The van der Waals surface area contributed by atoms with Crippen molar-refractivity contribution < 1.29 is 9.13 Å². The summed E-state index contributed by atoms with van der Waals surface area (Å²) >= 11 is 0. The lowest BCUT2D eigenvalue weighted by Crippen LogP contribution is -2.03. The van der Waals surface area contributed by atoms with Crippen LogP contribution in [0.3, 0.4) is 0 Å². The van der Waals surface area contributed by atoms with Crippen molar-refractivity contribution in [2.75, 3.05) is 12.4 Å². The number of aryl methyl sites for hydroxylation is 1. The van der Waals surface area contributed by atoms with Crippen LogP contribution in [0.15, 0.2) is 36.4 Å². The van der Waals surface area contributed by atoms with Crippen LogP contribution in [0.25, 0.3) is 0 Å². The third kappa shape index (κ3) is 3.07. The molecule has 0 saturated heterocycles. The number of anilines is 1. The molecule has 0 amide bonds. The van der Waals surface area contributed by atoms with Gasteiger partial charge < -0.3 is 10.1 Å². The summed E-state index contributed by atoms with van der Waals surface area (Å²) in [5.41, 5.74) is 2.80. The Hall–Kier alpha value is -2.54. The van der Waals surface area contributed by atoms with Crippen LogP contribution in [-0.2, 0) is 6.54 Å². The first-order valence-electron chi connectivity index (χ1n) is 6.21. The summed E-state index contributed by atoms with van der Waals surface area (Å²) in [4.78, 5) is 0. The van der Waals surface area contributed by atoms with Crippen LogP contribution in [0.5, 0.6) is 5.75 Å². The summed E-state index contributed by atoms with van der Waals surface area (Å²) in [5.74, 6) is 0.417. The largest absolute Gasteiger partial charge is 0.497 e. The number of ether oxygens (including phenoxy) is 1. The molecule has 20 heavy (non-hydrogen) atoms. The predicted octanol–water partition coefficient (Wildman–Crippen LogP) is 3.63. The Morgan fingerprint density at radius 3 is 2.65 bits per heavy atom. The monoisotopic (exact) mass is 270 g/mol. The highest BCUT2D eigenvalue weighted by Gasteiger charge is 2.05. The number of rotatable bonds is 4. The molecule has 0 bridgehead atoms. The molecule has 0 heterocycles. The smallest absolute Gasteiger partial charge is 0.129 e. The summed E-state index contributed by atoms with van der Waals surface area (Å²) in [5, 5.41) is 11.9. The van der Waals surface area contributed by atoms with Gasteiger partial charge in [-0.15, -0.1) is 0 Å². The number of benzene rings is 2. The van der Waals surface area contributed by atoms with E-state index < -0.39 is 0 Å². The lowest BCUT2D eigenvalue weighted by molar-refractivity contribution is 0.414. The molecular weight excluding hydrogens is 255 g/mol. The molecule has 2 aromatic carbocycles. The first-order valence-corrected chi connectivity index (χ1v) is 6.21. The van der Waals surface area contributed by atoms with E-state index in [-0.39, 0.29) is 5.82 Å². The van der Waals surface area contributed by atoms with Gasteiger partial charge in [0, 0.05) is 17.8 Å². The summed E-state index contributed by atoms with van der Waals surface area (Å²) in [6.45, 7) is 2.32. The van der Waals surface area contributed by atoms with E-state index in [9.17, 15) is 4.39 Å². The van der Waals surface area contributed by atoms with Gasteiger partial charge in [0.2, 0.25) is 0 Å². The number of nitrogens with zero attached hydrogens (tertiary/aromatic N) is 1. The summed E-state index contributed by atoms with van der Waals surface area (Å²) in [6, 6.07) is 12.1. The SMILES string of the molecule is COc1ccc(NCc2ccc(C#N)cc2F)c(C)c1. The molecule has 0 spiro atoms. The van der Waals surface area contributed by atoms with Gasteiger partial charge in [0.15, 0.2) is 0 Å². The molecule has 2 aromatic rings. The second-order valence-electron chi connectivity index (χ2n) is 4.45. The molecule has 0 aliphatic carbocycles. The molecule has 0 radical (unpaired) electrons. The van der Waals surface area contributed by atoms with E-state index in [0.717, 1.165) is 17.0 Å². The average Bonchev–Trinajstić information content (AvgIpc) is 2.46. The predicted molar refractivity (Wildman–Crippen MR) is 76.2 cm³/mol. The molecule has 102 valence electrons. The van der Waals surface area contributed by atoms with Gasteiger partial charge in [0.05, 0.1) is 18.7 Å². The van der Waals surface area contributed by atoms with Gasteiger partial charge in [-0.25, -0.2) is 4.39 Å². The van der Waals surface area contributed by atoms with Crippen molar-refractivity contribution in [1.82, 2.24) is 0 Å². The van der Waals surface area contributed by atoms with Crippen molar-refractivity contribution in [3.63, 3.8) is 0 Å². The standard InChI is InChI=1S/C16H15FN2O/c1-11-7-14(20-2)5-6-16(11)19-10-13-4-3-12(9-18)8-15(13)17/h3-8,19H,10H2,1-2H3. The zero-order valence-electron chi connectivity index (χ0n) is 11.4. The maximum absolute atomic E-state index is 13.7. The highest BCUT2D eigenvalue weighted by Crippen LogP contribution is 2.22. The van der Waals surface area contributed by atoms with Crippen LogP contribution < -0.4 is 10.1 Å². The Morgan fingerprint density at radius 1 is 1.25 bits per heavy atom. The van der Waals surface area contributed by atoms with Crippen molar-refractivity contribution in [2.24, 2.45) is 0 Å². The van der Waals surface area contributed by atoms with Crippen molar-refractivity contribution >= 4 is 5.69 Å². The highest BCUT2D eigenvalue weighted by molar-refractivity contribution is 5.54. The number of nitrogens with one attached hydrogen (secondary N) is 1. The molecule has 0 aliphatic heterocycles. The molecule has 0 aliphatic rings. The molecule has 1 N–H and O–H groups in total. The van der Waals surface area contributed by atoms with E-state index in [1.807, 2.05) is 31.2 Å². The number of halogens is 1. The van der Waals surface area contributed by atoms with Gasteiger partial charge in [-0.05, 0) is 42.8 Å². The molecule has 3 nitrogen and oxygen atoms in total. The third-order valence-corrected chi connectivity index (χ3v) is 3.09. The first-order chi connectivity index (χ1) is 9.63. The average molecular weight is 270 g/mol. The second-order valence-corrected chi connectivity index (χ2v) is 4.45. The number of hydrogen-bond acceptors (Lipinski definition) is 3. The van der Waals surface area contributed by atoms with E-state index in [2.05, 4.69) is 5.32 Å². The van der Waals surface area contributed by atoms with E-state index >= 15 is 0 Å². The maximum Gasteiger partial charge on any atom is 0.129 e. The molecule has 0 fully saturated rings. The Balaban J connectivity index is 2.11. The minimum atomic E-state index is -0.372. The van der Waals surface area contributed by atoms with Gasteiger partial charge in [0.25, 0.3) is 0 Å². The zero-order valence-corrected chi connectivity index (χ0v) is 11.4. The lowest BCUT2D eigenvalue weighted by atomic mass is 10.1. The number of hydrogen-bond donors (Lipinski definition) is 1. The Kier molecular flexibility index (Phi) is 4.21. The van der Waals surface area contributed by atoms with E-state index in [0.29, 0.717) is 17.7 Å². The van der Waals surface area contributed by atoms with Gasteiger partial charge in [0.1, 0.15) is 11.6 Å². The molecule has 2 rings (SSSR count). The minimum absolute atomic E-state index is 0.326. The van der Waals surface area contributed by atoms with Gasteiger partial charge >= 0.3 is 0 Å². The minimum Gasteiger partial charge on any atom is -0.497 e. The van der Waals surface area contributed by atoms with Crippen molar-refractivity contribution in [3.05, 3.63) is 58.9 Å². The van der Waals surface area contributed by atoms with Crippen LogP contribution in [0.1, 0.15) is 16.7 Å². The van der Waals surface area contributed by atoms with Crippen molar-refractivity contribution in [2.45, 2.75) is 13.5 Å². The number of methoxy groups -OCH3 is 1. The molecule has 4 heteroatoms. The third-order valence-electron chi connectivity index (χ3n) is 3.09. The number of nitriles is 1. The van der Waals surface area contributed by atoms with Gasteiger partial charge in [-0.3, -0.25) is 0 Å². The van der Waals surface area contributed by atoms with Crippen LogP contribution >= 0.6 is 0 Å². The van der Waals surface area contributed by atoms with Crippen LogP contribution in [0, 0.1) is 24.1 Å². The van der Waals surface area contributed by atoms with E-state index in [1.165, 1.54) is 6.07 Å². The molecular formula is C16H15FN2O. The van der Waals surface area contributed by atoms with Crippen LogP contribution in [0.4, 0.5) is 10.1 Å². The van der Waals surface area contributed by atoms with E-state index in [1.54, 1.807) is 19.2 Å². The summed E-state index contributed by atoms with van der Waals surface area (Å²) in [7, 11) is 1.62. The highest BCUT2D eigenvalue weighted by atomic mass is 19.1. The Bertz CT molecular complexity index is 662. The van der Waals surface area contributed by atoms with Gasteiger partial charge in [-0.1, -0.05) is 6.07 Å². The molecule has 0 atom stereocenters. The van der Waals surface area contributed by atoms with Crippen LogP contribution in [0.2, 0.25) is 0 Å². The fourth-order valence-corrected chi connectivity index (χ4v) is 1.91. The fraction of sp³-hybridized carbons (Fsp3) is 0.188. The quantitative estimate of drug-likeness (QED) is 0.922. The summed E-state index contributed by atoms with van der Waals surface area (Å²) in [6.07, 6.45) is 0. The normalized spacial score (nSPS) is 9.90. The molecule has 0 unspecified atom stereocenters. The first kappa shape index (κ1) is 13.9. The molecule has 0 aromatic heterocycles. The Labute approximate surface area is 117 Å².